The number of aromatic nitrogens is 3. The Hall–Kier alpha value is -1.15. The molecule has 1 aromatic rings. The Labute approximate surface area is 96.8 Å². The lowest BCUT2D eigenvalue weighted by atomic mass is 10.3. The summed E-state index contributed by atoms with van der Waals surface area (Å²) in [5.74, 6) is 0. The van der Waals surface area contributed by atoms with E-state index in [1.54, 1.807) is 14.0 Å². The van der Waals surface area contributed by atoms with Gasteiger partial charge >= 0.3 is 6.18 Å². The van der Waals surface area contributed by atoms with Crippen molar-refractivity contribution in [2.75, 3.05) is 13.1 Å². The van der Waals surface area contributed by atoms with Crippen molar-refractivity contribution in [2.45, 2.75) is 25.7 Å². The zero-order valence-electron chi connectivity index (χ0n) is 9.65. The predicted octanol–water partition coefficient (Wildman–Crippen LogP) is 0.560. The molecule has 0 radical (unpaired) electrons. The lowest BCUT2D eigenvalue weighted by molar-refractivity contribution is -0.208. The number of aliphatic hydroxyl groups excluding tert-OH is 1. The Bertz CT molecular complexity index is 352. The third-order valence-corrected chi connectivity index (χ3v) is 2.45. The van der Waals surface area contributed by atoms with Crippen LogP contribution in [0.3, 0.4) is 0 Å². The topological polar surface area (TPSA) is 54.2 Å². The Morgan fingerprint density at radius 2 is 2.18 bits per heavy atom. The first-order valence-corrected chi connectivity index (χ1v) is 5.15. The second-order valence-electron chi connectivity index (χ2n) is 3.73. The normalized spacial score (nSPS) is 14.3. The third kappa shape index (κ3) is 3.97. The highest BCUT2D eigenvalue weighted by atomic mass is 19.4. The van der Waals surface area contributed by atoms with Crippen molar-refractivity contribution in [2.24, 2.45) is 7.05 Å². The Morgan fingerprint density at radius 3 is 2.59 bits per heavy atom. The van der Waals surface area contributed by atoms with Gasteiger partial charge in [0.1, 0.15) is 0 Å². The molecule has 17 heavy (non-hydrogen) atoms. The highest BCUT2D eigenvalue weighted by Gasteiger charge is 2.38. The van der Waals surface area contributed by atoms with Gasteiger partial charge in [0.15, 0.2) is 6.10 Å². The molecule has 1 heterocycles. The van der Waals surface area contributed by atoms with Crippen LogP contribution in [-0.4, -0.2) is 50.4 Å². The Balaban J connectivity index is 2.58. The number of likely N-dealkylation sites (N-methyl/N-ethyl adjacent to an activating group) is 1. The largest absolute Gasteiger partial charge is 0.415 e. The molecule has 0 amide bonds. The molecule has 5 nitrogen and oxygen atoms in total. The van der Waals surface area contributed by atoms with Gasteiger partial charge in [0.2, 0.25) is 0 Å². The highest BCUT2D eigenvalue weighted by molar-refractivity contribution is 4.93. The van der Waals surface area contributed by atoms with Crippen molar-refractivity contribution in [3.8, 4) is 0 Å². The third-order valence-electron chi connectivity index (χ3n) is 2.45. The number of aliphatic hydroxyl groups is 1. The van der Waals surface area contributed by atoms with Crippen LogP contribution in [0.5, 0.6) is 0 Å². The van der Waals surface area contributed by atoms with Gasteiger partial charge in [0.25, 0.3) is 0 Å². The molecule has 1 rings (SSSR count). The van der Waals surface area contributed by atoms with Gasteiger partial charge in [-0.2, -0.15) is 13.2 Å². The van der Waals surface area contributed by atoms with Crippen LogP contribution in [0.4, 0.5) is 13.2 Å². The minimum absolute atomic E-state index is 0.271. The fourth-order valence-corrected chi connectivity index (χ4v) is 1.34. The van der Waals surface area contributed by atoms with Crippen molar-refractivity contribution in [1.82, 2.24) is 19.9 Å². The van der Waals surface area contributed by atoms with Gasteiger partial charge in [-0.1, -0.05) is 12.1 Å². The van der Waals surface area contributed by atoms with Crippen molar-refractivity contribution >= 4 is 0 Å². The molecule has 0 saturated carbocycles. The highest BCUT2D eigenvalue weighted by Crippen LogP contribution is 2.21. The molecule has 1 atom stereocenters. The molecule has 0 saturated heterocycles. The molecule has 1 aromatic heterocycles. The van der Waals surface area contributed by atoms with Crippen LogP contribution in [0.1, 0.15) is 12.6 Å². The molecule has 0 fully saturated rings. The van der Waals surface area contributed by atoms with E-state index < -0.39 is 18.8 Å². The molecule has 0 aliphatic heterocycles. The molecule has 0 bridgehead atoms. The van der Waals surface area contributed by atoms with E-state index in [-0.39, 0.29) is 6.54 Å². The zero-order valence-corrected chi connectivity index (χ0v) is 9.65. The minimum atomic E-state index is -4.59. The van der Waals surface area contributed by atoms with Crippen molar-refractivity contribution in [1.29, 1.82) is 0 Å². The number of alkyl halides is 3. The van der Waals surface area contributed by atoms with Crippen LogP contribution in [-0.2, 0) is 13.6 Å². The zero-order chi connectivity index (χ0) is 13.1. The quantitative estimate of drug-likeness (QED) is 0.832. The van der Waals surface area contributed by atoms with Crippen molar-refractivity contribution < 1.29 is 18.3 Å². The summed E-state index contributed by atoms with van der Waals surface area (Å²) in [6.45, 7) is 1.95. The first-order valence-electron chi connectivity index (χ1n) is 5.15. The predicted molar refractivity (Wildman–Crippen MR) is 54.0 cm³/mol. The summed E-state index contributed by atoms with van der Waals surface area (Å²) < 4.78 is 38.1. The fourth-order valence-electron chi connectivity index (χ4n) is 1.34. The molecule has 0 aromatic carbocycles. The fraction of sp³-hybridized carbons (Fsp3) is 0.778. The van der Waals surface area contributed by atoms with E-state index in [0.717, 1.165) is 0 Å². The summed E-state index contributed by atoms with van der Waals surface area (Å²) in [5.41, 5.74) is 0.696. The standard InChI is InChI=1S/C9H15F3N4O/c1-3-16(6-8(17)9(10,11)12)5-7-4-13-14-15(7)2/h4,8,17H,3,5-6H2,1-2H3. The van der Waals surface area contributed by atoms with E-state index in [1.807, 2.05) is 0 Å². The summed E-state index contributed by atoms with van der Waals surface area (Å²) in [7, 11) is 1.66. The lowest BCUT2D eigenvalue weighted by Gasteiger charge is -2.24. The van der Waals surface area contributed by atoms with E-state index in [4.69, 9.17) is 5.11 Å². The first kappa shape index (κ1) is 13.9. The molecule has 0 aliphatic carbocycles. The number of halogens is 3. The lowest BCUT2D eigenvalue weighted by Crippen LogP contribution is -2.40. The van der Waals surface area contributed by atoms with Gasteiger partial charge in [-0.25, -0.2) is 0 Å². The van der Waals surface area contributed by atoms with Crippen molar-refractivity contribution in [3.05, 3.63) is 11.9 Å². The van der Waals surface area contributed by atoms with E-state index >= 15 is 0 Å². The van der Waals surface area contributed by atoms with Crippen molar-refractivity contribution in [3.63, 3.8) is 0 Å². The van der Waals surface area contributed by atoms with Gasteiger partial charge in [0, 0.05) is 20.1 Å². The van der Waals surface area contributed by atoms with Gasteiger partial charge in [0.05, 0.1) is 11.9 Å². The van der Waals surface area contributed by atoms with Crippen LogP contribution >= 0.6 is 0 Å². The summed E-state index contributed by atoms with van der Waals surface area (Å²) in [6, 6.07) is 0. The Morgan fingerprint density at radius 1 is 1.53 bits per heavy atom. The van der Waals surface area contributed by atoms with Crippen LogP contribution in [0, 0.1) is 0 Å². The Kier molecular flexibility index (Phi) is 4.47. The molecule has 8 heteroatoms. The maximum atomic E-state index is 12.2. The number of hydrogen-bond donors (Lipinski definition) is 1. The number of hydrogen-bond acceptors (Lipinski definition) is 4. The van der Waals surface area contributed by atoms with Crippen LogP contribution in [0.25, 0.3) is 0 Å². The van der Waals surface area contributed by atoms with E-state index in [9.17, 15) is 13.2 Å². The molecule has 1 N–H and O–H groups in total. The average molecular weight is 252 g/mol. The van der Waals surface area contributed by atoms with E-state index in [0.29, 0.717) is 12.2 Å². The summed E-state index contributed by atoms with van der Waals surface area (Å²) in [6.07, 6.45) is -5.43. The molecular formula is C9H15F3N4O. The summed E-state index contributed by atoms with van der Waals surface area (Å²) in [4.78, 5) is 1.48. The van der Waals surface area contributed by atoms with Crippen LogP contribution < -0.4 is 0 Å². The maximum absolute atomic E-state index is 12.2. The van der Waals surface area contributed by atoms with Gasteiger partial charge in [-0.3, -0.25) is 9.58 Å². The molecule has 1 unspecified atom stereocenters. The summed E-state index contributed by atoms with van der Waals surface area (Å²) >= 11 is 0. The SMILES string of the molecule is CCN(Cc1cnnn1C)CC(O)C(F)(F)F. The second-order valence-corrected chi connectivity index (χ2v) is 3.73. The number of aryl methyl sites for hydroxylation is 1. The smallest absolute Gasteiger partial charge is 0.382 e. The molecule has 98 valence electrons. The monoisotopic (exact) mass is 252 g/mol. The van der Waals surface area contributed by atoms with Crippen LogP contribution in [0.2, 0.25) is 0 Å². The van der Waals surface area contributed by atoms with Gasteiger partial charge in [-0.15, -0.1) is 5.10 Å². The maximum Gasteiger partial charge on any atom is 0.415 e. The molecular weight excluding hydrogens is 237 g/mol. The number of rotatable bonds is 5. The van der Waals surface area contributed by atoms with Crippen LogP contribution in [0.15, 0.2) is 6.20 Å². The summed E-state index contributed by atoms with van der Waals surface area (Å²) in [5, 5.41) is 16.3. The molecule has 0 aliphatic rings. The minimum Gasteiger partial charge on any atom is -0.382 e. The first-order chi connectivity index (χ1) is 7.84. The van der Waals surface area contributed by atoms with Gasteiger partial charge in [-0.05, 0) is 6.54 Å². The number of nitrogens with zero attached hydrogens (tertiary/aromatic N) is 4. The molecule has 0 spiro atoms. The van der Waals surface area contributed by atoms with E-state index in [2.05, 4.69) is 10.3 Å². The van der Waals surface area contributed by atoms with Gasteiger partial charge < -0.3 is 5.11 Å². The second kappa shape index (κ2) is 5.46. The average Bonchev–Trinajstić information content (AvgIpc) is 2.61. The van der Waals surface area contributed by atoms with E-state index in [1.165, 1.54) is 15.8 Å².